The monoisotopic (exact) mass is 324 g/mol. The highest BCUT2D eigenvalue weighted by Gasteiger charge is 2.32. The maximum atomic E-state index is 11.9. The van der Waals surface area contributed by atoms with Gasteiger partial charge < -0.3 is 15.4 Å². The van der Waals surface area contributed by atoms with Crippen LogP contribution in [-0.2, 0) is 4.74 Å². The molecule has 2 aliphatic rings. The number of ether oxygens (including phenoxy) is 1. The fourth-order valence-corrected chi connectivity index (χ4v) is 4.14. The summed E-state index contributed by atoms with van der Waals surface area (Å²) in [4.78, 5) is 11.9. The Morgan fingerprint density at radius 1 is 1.13 bits per heavy atom. The zero-order valence-corrected chi connectivity index (χ0v) is 15.5. The van der Waals surface area contributed by atoms with Gasteiger partial charge in [-0.15, -0.1) is 0 Å². The first-order valence-corrected chi connectivity index (χ1v) is 9.60. The van der Waals surface area contributed by atoms with E-state index in [0.29, 0.717) is 6.04 Å². The van der Waals surface area contributed by atoms with Gasteiger partial charge in [0, 0.05) is 18.6 Å². The quantitative estimate of drug-likeness (QED) is 0.795. The average molecular weight is 325 g/mol. The molecule has 2 N–H and O–H groups in total. The van der Waals surface area contributed by atoms with Crippen molar-refractivity contribution in [2.45, 2.75) is 96.7 Å². The lowest BCUT2D eigenvalue weighted by atomic mass is 9.69. The molecule has 2 saturated carbocycles. The summed E-state index contributed by atoms with van der Waals surface area (Å²) in [5, 5.41) is 6.70. The Kier molecular flexibility index (Phi) is 6.75. The molecule has 4 unspecified atom stereocenters. The van der Waals surface area contributed by atoms with E-state index in [0.717, 1.165) is 24.8 Å². The van der Waals surface area contributed by atoms with Crippen LogP contribution in [0, 0.1) is 11.8 Å². The largest absolute Gasteiger partial charge is 0.444 e. The lowest BCUT2D eigenvalue weighted by Gasteiger charge is -2.40. The molecule has 1 amide bonds. The van der Waals surface area contributed by atoms with Crippen molar-refractivity contribution in [2.24, 2.45) is 11.8 Å². The summed E-state index contributed by atoms with van der Waals surface area (Å²) >= 11 is 0. The third-order valence-electron chi connectivity index (χ3n) is 5.41. The van der Waals surface area contributed by atoms with Crippen molar-refractivity contribution in [1.29, 1.82) is 0 Å². The van der Waals surface area contributed by atoms with Crippen molar-refractivity contribution in [2.75, 3.05) is 6.54 Å². The van der Waals surface area contributed by atoms with Crippen molar-refractivity contribution in [3.05, 3.63) is 0 Å². The zero-order chi connectivity index (χ0) is 16.9. The van der Waals surface area contributed by atoms with Gasteiger partial charge in [0.05, 0.1) is 0 Å². The molecule has 0 spiro atoms. The maximum Gasteiger partial charge on any atom is 0.407 e. The summed E-state index contributed by atoms with van der Waals surface area (Å²) in [6, 6.07) is 0.776. The smallest absolute Gasteiger partial charge is 0.407 e. The summed E-state index contributed by atoms with van der Waals surface area (Å²) < 4.78 is 5.35. The highest BCUT2D eigenvalue weighted by atomic mass is 16.6. The minimum absolute atomic E-state index is 0.147. The molecule has 0 saturated heterocycles. The van der Waals surface area contributed by atoms with E-state index < -0.39 is 5.60 Å². The Morgan fingerprint density at radius 2 is 1.83 bits per heavy atom. The van der Waals surface area contributed by atoms with Crippen LogP contribution in [0.2, 0.25) is 0 Å². The van der Waals surface area contributed by atoms with Gasteiger partial charge in [0.1, 0.15) is 5.60 Å². The SMILES string of the molecule is CCC(CNC1CCC2CCCCC2C1)NC(=O)OC(C)(C)C. The van der Waals surface area contributed by atoms with E-state index in [9.17, 15) is 4.79 Å². The van der Waals surface area contributed by atoms with Crippen LogP contribution >= 0.6 is 0 Å². The van der Waals surface area contributed by atoms with Gasteiger partial charge in [0.2, 0.25) is 0 Å². The molecule has 2 aliphatic carbocycles. The number of rotatable bonds is 5. The van der Waals surface area contributed by atoms with Gasteiger partial charge in [-0.1, -0.05) is 32.6 Å². The normalized spacial score (nSPS) is 29.5. The van der Waals surface area contributed by atoms with Gasteiger partial charge in [-0.3, -0.25) is 0 Å². The van der Waals surface area contributed by atoms with Crippen LogP contribution in [0.4, 0.5) is 4.79 Å². The van der Waals surface area contributed by atoms with Crippen LogP contribution in [0.25, 0.3) is 0 Å². The molecule has 0 aromatic heterocycles. The Balaban J connectivity index is 1.71. The van der Waals surface area contributed by atoms with Gasteiger partial charge in [-0.05, 0) is 58.3 Å². The summed E-state index contributed by atoms with van der Waals surface area (Å²) in [6.45, 7) is 8.65. The number of fused-ring (bicyclic) bond motifs is 1. The van der Waals surface area contributed by atoms with E-state index in [-0.39, 0.29) is 12.1 Å². The second-order valence-electron chi connectivity index (χ2n) is 8.47. The van der Waals surface area contributed by atoms with E-state index in [1.807, 2.05) is 20.8 Å². The van der Waals surface area contributed by atoms with Crippen molar-refractivity contribution in [1.82, 2.24) is 10.6 Å². The predicted molar refractivity (Wildman–Crippen MR) is 94.5 cm³/mol. The van der Waals surface area contributed by atoms with Crippen molar-refractivity contribution in [3.63, 3.8) is 0 Å². The maximum absolute atomic E-state index is 11.9. The zero-order valence-electron chi connectivity index (χ0n) is 15.5. The van der Waals surface area contributed by atoms with Crippen LogP contribution in [0.5, 0.6) is 0 Å². The average Bonchev–Trinajstić information content (AvgIpc) is 2.49. The topological polar surface area (TPSA) is 50.4 Å². The van der Waals surface area contributed by atoms with Crippen molar-refractivity contribution >= 4 is 6.09 Å². The Bertz CT molecular complexity index is 378. The third kappa shape index (κ3) is 6.33. The van der Waals surface area contributed by atoms with Crippen LogP contribution in [0.1, 0.15) is 79.1 Å². The molecule has 134 valence electrons. The van der Waals surface area contributed by atoms with Gasteiger partial charge in [0.25, 0.3) is 0 Å². The summed E-state index contributed by atoms with van der Waals surface area (Å²) in [5.74, 6) is 1.93. The number of carbonyl (C=O) groups is 1. The molecule has 4 nitrogen and oxygen atoms in total. The molecule has 0 radical (unpaired) electrons. The molecular weight excluding hydrogens is 288 g/mol. The molecule has 23 heavy (non-hydrogen) atoms. The van der Waals surface area contributed by atoms with Crippen LogP contribution in [-0.4, -0.2) is 30.3 Å². The number of hydrogen-bond donors (Lipinski definition) is 2. The highest BCUT2D eigenvalue weighted by Crippen LogP contribution is 2.40. The standard InChI is InChI=1S/C19H36N2O2/c1-5-16(21-18(22)23-19(2,3)4)13-20-17-11-10-14-8-6-7-9-15(14)12-17/h14-17,20H,5-13H2,1-4H3,(H,21,22). The van der Waals surface area contributed by atoms with Gasteiger partial charge >= 0.3 is 6.09 Å². The molecule has 2 rings (SSSR count). The number of amides is 1. The molecule has 4 heteroatoms. The van der Waals surface area contributed by atoms with E-state index in [1.165, 1.54) is 44.9 Å². The minimum atomic E-state index is -0.435. The van der Waals surface area contributed by atoms with Gasteiger partial charge in [-0.2, -0.15) is 0 Å². The molecule has 0 heterocycles. The third-order valence-corrected chi connectivity index (χ3v) is 5.41. The summed E-state index contributed by atoms with van der Waals surface area (Å²) in [7, 11) is 0. The summed E-state index contributed by atoms with van der Waals surface area (Å²) in [5.41, 5.74) is -0.435. The Labute approximate surface area is 142 Å². The number of carbonyl (C=O) groups excluding carboxylic acids is 1. The van der Waals surface area contributed by atoms with Crippen LogP contribution < -0.4 is 10.6 Å². The Morgan fingerprint density at radius 3 is 2.48 bits per heavy atom. The van der Waals surface area contributed by atoms with Crippen LogP contribution in [0.3, 0.4) is 0 Å². The summed E-state index contributed by atoms with van der Waals surface area (Å²) in [6.07, 6.45) is 10.4. The lowest BCUT2D eigenvalue weighted by molar-refractivity contribution is 0.0500. The van der Waals surface area contributed by atoms with E-state index in [1.54, 1.807) is 0 Å². The first-order valence-electron chi connectivity index (χ1n) is 9.60. The Hall–Kier alpha value is -0.770. The predicted octanol–water partition coefficient (Wildman–Crippen LogP) is 4.24. The molecule has 0 aliphatic heterocycles. The molecule has 0 aromatic rings. The molecular formula is C19H36N2O2. The fourth-order valence-electron chi connectivity index (χ4n) is 4.14. The molecule has 4 atom stereocenters. The lowest BCUT2D eigenvalue weighted by Crippen LogP contribution is -2.47. The van der Waals surface area contributed by atoms with Crippen LogP contribution in [0.15, 0.2) is 0 Å². The number of nitrogens with one attached hydrogen (secondary N) is 2. The second-order valence-corrected chi connectivity index (χ2v) is 8.47. The second kappa shape index (κ2) is 8.36. The molecule has 0 aromatic carbocycles. The van der Waals surface area contributed by atoms with Crippen molar-refractivity contribution < 1.29 is 9.53 Å². The first kappa shape index (κ1) is 18.6. The van der Waals surface area contributed by atoms with Crippen molar-refractivity contribution in [3.8, 4) is 0 Å². The van der Waals surface area contributed by atoms with E-state index in [2.05, 4.69) is 17.6 Å². The van der Waals surface area contributed by atoms with E-state index in [4.69, 9.17) is 4.74 Å². The first-order chi connectivity index (χ1) is 10.9. The molecule has 0 bridgehead atoms. The number of hydrogen-bond acceptors (Lipinski definition) is 3. The number of alkyl carbamates (subject to hydrolysis) is 1. The fraction of sp³-hybridized carbons (Fsp3) is 0.947. The van der Waals surface area contributed by atoms with Gasteiger partial charge in [-0.25, -0.2) is 4.79 Å². The van der Waals surface area contributed by atoms with Gasteiger partial charge in [0.15, 0.2) is 0 Å². The minimum Gasteiger partial charge on any atom is -0.444 e. The molecule has 2 fully saturated rings. The van der Waals surface area contributed by atoms with E-state index >= 15 is 0 Å². The highest BCUT2D eigenvalue weighted by molar-refractivity contribution is 5.68.